The summed E-state index contributed by atoms with van der Waals surface area (Å²) in [5, 5.41) is 12.3. The first-order valence-corrected chi connectivity index (χ1v) is 10.3. The van der Waals surface area contributed by atoms with Crippen LogP contribution in [0, 0.1) is 13.8 Å². The Bertz CT molecular complexity index is 1250. The Morgan fingerprint density at radius 1 is 1.03 bits per heavy atom. The number of nitrogens with one attached hydrogen (secondary N) is 1. The van der Waals surface area contributed by atoms with Crippen molar-refractivity contribution in [2.24, 2.45) is 0 Å². The molecule has 0 saturated heterocycles. The van der Waals surface area contributed by atoms with E-state index in [9.17, 15) is 9.59 Å². The highest BCUT2D eigenvalue weighted by atomic mass is 79.9. The van der Waals surface area contributed by atoms with E-state index >= 15 is 0 Å². The van der Waals surface area contributed by atoms with Crippen LogP contribution >= 0.6 is 15.9 Å². The molecule has 0 aliphatic heterocycles. The van der Waals surface area contributed by atoms with Gasteiger partial charge < -0.3 is 0 Å². The largest absolute Gasteiger partial charge is 0.292 e. The van der Waals surface area contributed by atoms with E-state index in [1.54, 1.807) is 41.9 Å². The number of benzene rings is 2. The van der Waals surface area contributed by atoms with Crippen LogP contribution in [0.5, 0.6) is 0 Å². The van der Waals surface area contributed by atoms with Gasteiger partial charge in [0.1, 0.15) is 6.54 Å². The molecule has 2 aromatic heterocycles. The van der Waals surface area contributed by atoms with E-state index in [2.05, 4.69) is 36.8 Å². The number of ketones is 1. The Morgan fingerprint density at radius 3 is 2.45 bits per heavy atom. The SMILES string of the molecule is Cc1cc(C(=O)Cn2nnc(-c3ccc(Br)cc3)n2)c(C)n1NC(=O)c1ccccc1. The van der Waals surface area contributed by atoms with Gasteiger partial charge in [-0.15, -0.1) is 10.2 Å². The smallest absolute Gasteiger partial charge is 0.270 e. The van der Waals surface area contributed by atoms with Crippen molar-refractivity contribution in [1.29, 1.82) is 0 Å². The maximum Gasteiger partial charge on any atom is 0.270 e. The molecule has 0 unspecified atom stereocenters. The standard InChI is InChI=1S/C22H19BrN6O2/c1-14-12-19(15(2)29(14)26-22(31)17-6-4-3-5-7-17)20(30)13-28-25-21(24-27-28)16-8-10-18(23)11-9-16/h3-12H,13H2,1-2H3,(H,26,31). The molecule has 0 fully saturated rings. The number of halogens is 1. The zero-order valence-corrected chi connectivity index (χ0v) is 18.5. The summed E-state index contributed by atoms with van der Waals surface area (Å²) in [6.45, 7) is 3.56. The van der Waals surface area contributed by atoms with Crippen LogP contribution in [-0.2, 0) is 6.54 Å². The predicted octanol–water partition coefficient (Wildman–Crippen LogP) is 3.79. The predicted molar refractivity (Wildman–Crippen MR) is 119 cm³/mol. The fourth-order valence-corrected chi connectivity index (χ4v) is 3.48. The molecule has 1 amide bonds. The first-order chi connectivity index (χ1) is 14.9. The van der Waals surface area contributed by atoms with Crippen LogP contribution in [0.1, 0.15) is 32.1 Å². The quantitative estimate of drug-likeness (QED) is 0.425. The number of hydrogen-bond acceptors (Lipinski definition) is 5. The summed E-state index contributed by atoms with van der Waals surface area (Å²) in [6, 6.07) is 18.2. The van der Waals surface area contributed by atoms with Crippen LogP contribution in [0.3, 0.4) is 0 Å². The minimum atomic E-state index is -0.251. The van der Waals surface area contributed by atoms with Gasteiger partial charge in [-0.05, 0) is 61.5 Å². The zero-order valence-electron chi connectivity index (χ0n) is 16.9. The number of carbonyl (C=O) groups is 2. The molecule has 0 radical (unpaired) electrons. The van der Waals surface area contributed by atoms with E-state index in [0.29, 0.717) is 22.6 Å². The Morgan fingerprint density at radius 2 is 1.74 bits per heavy atom. The summed E-state index contributed by atoms with van der Waals surface area (Å²) in [4.78, 5) is 26.7. The molecule has 0 bridgehead atoms. The summed E-state index contributed by atoms with van der Waals surface area (Å²) < 4.78 is 2.57. The first-order valence-electron chi connectivity index (χ1n) is 9.54. The zero-order chi connectivity index (χ0) is 22.0. The maximum atomic E-state index is 12.9. The van der Waals surface area contributed by atoms with Gasteiger partial charge in [-0.25, -0.2) is 0 Å². The first kappa shape index (κ1) is 20.7. The molecule has 2 aromatic carbocycles. The lowest BCUT2D eigenvalue weighted by Gasteiger charge is -2.11. The van der Waals surface area contributed by atoms with Crippen molar-refractivity contribution in [3.05, 3.63) is 87.7 Å². The molecule has 0 saturated carbocycles. The van der Waals surface area contributed by atoms with Crippen LogP contribution in [0.15, 0.2) is 65.1 Å². The molecule has 1 N–H and O–H groups in total. The molecular formula is C22H19BrN6O2. The summed E-state index contributed by atoms with van der Waals surface area (Å²) in [5.41, 5.74) is 6.06. The molecule has 156 valence electrons. The van der Waals surface area contributed by atoms with Gasteiger partial charge in [-0.3, -0.25) is 19.7 Å². The van der Waals surface area contributed by atoms with Gasteiger partial charge in [0.25, 0.3) is 5.91 Å². The van der Waals surface area contributed by atoms with Gasteiger partial charge in [0.15, 0.2) is 5.78 Å². The second kappa shape index (κ2) is 8.65. The van der Waals surface area contributed by atoms with Crippen molar-refractivity contribution in [1.82, 2.24) is 24.9 Å². The summed E-state index contributed by atoms with van der Waals surface area (Å²) in [7, 11) is 0. The van der Waals surface area contributed by atoms with Gasteiger partial charge >= 0.3 is 0 Å². The molecule has 8 nitrogen and oxygen atoms in total. The van der Waals surface area contributed by atoms with Crippen LogP contribution in [0.25, 0.3) is 11.4 Å². The lowest BCUT2D eigenvalue weighted by molar-refractivity contribution is 0.0957. The molecule has 31 heavy (non-hydrogen) atoms. The Kier molecular flexibility index (Phi) is 5.77. The van der Waals surface area contributed by atoms with E-state index in [-0.39, 0.29) is 18.2 Å². The molecular weight excluding hydrogens is 460 g/mol. The third-order valence-corrected chi connectivity index (χ3v) is 5.35. The lowest BCUT2D eigenvalue weighted by atomic mass is 10.1. The van der Waals surface area contributed by atoms with Crippen molar-refractivity contribution >= 4 is 27.6 Å². The highest BCUT2D eigenvalue weighted by molar-refractivity contribution is 9.10. The number of aromatic nitrogens is 5. The number of Topliss-reactive ketones (excluding diaryl/α,β-unsaturated/α-hetero) is 1. The highest BCUT2D eigenvalue weighted by Crippen LogP contribution is 2.18. The van der Waals surface area contributed by atoms with Gasteiger partial charge in [0.05, 0.1) is 0 Å². The van der Waals surface area contributed by atoms with Crippen LogP contribution in [0.4, 0.5) is 0 Å². The third-order valence-electron chi connectivity index (χ3n) is 4.82. The van der Waals surface area contributed by atoms with E-state index in [1.807, 2.05) is 37.3 Å². The maximum absolute atomic E-state index is 12.9. The number of rotatable bonds is 6. The molecule has 9 heteroatoms. The van der Waals surface area contributed by atoms with Crippen molar-refractivity contribution < 1.29 is 9.59 Å². The summed E-state index contributed by atoms with van der Waals surface area (Å²) in [5.74, 6) is 0.0208. The number of nitrogens with zero attached hydrogens (tertiary/aromatic N) is 5. The molecule has 4 rings (SSSR count). The number of hydrogen-bond donors (Lipinski definition) is 1. The second-order valence-corrected chi connectivity index (χ2v) is 7.92. The Balaban J connectivity index is 1.50. The lowest BCUT2D eigenvalue weighted by Crippen LogP contribution is -2.25. The van der Waals surface area contributed by atoms with Gasteiger partial charge in [0.2, 0.25) is 5.82 Å². The monoisotopic (exact) mass is 478 g/mol. The topological polar surface area (TPSA) is 94.7 Å². The highest BCUT2D eigenvalue weighted by Gasteiger charge is 2.19. The van der Waals surface area contributed by atoms with Crippen molar-refractivity contribution in [2.45, 2.75) is 20.4 Å². The number of carbonyl (C=O) groups excluding carboxylic acids is 2. The van der Waals surface area contributed by atoms with E-state index in [1.165, 1.54) is 4.80 Å². The molecule has 2 heterocycles. The normalized spacial score (nSPS) is 10.8. The Labute approximate surface area is 187 Å². The van der Waals surface area contributed by atoms with E-state index in [4.69, 9.17) is 0 Å². The fourth-order valence-electron chi connectivity index (χ4n) is 3.21. The van der Waals surface area contributed by atoms with Crippen molar-refractivity contribution in [3.8, 4) is 11.4 Å². The average Bonchev–Trinajstić information content (AvgIpc) is 3.34. The van der Waals surface area contributed by atoms with Gasteiger partial charge in [-0.2, -0.15) is 4.80 Å². The summed E-state index contributed by atoms with van der Waals surface area (Å²) >= 11 is 3.39. The van der Waals surface area contributed by atoms with E-state index < -0.39 is 0 Å². The molecule has 4 aromatic rings. The summed E-state index contributed by atoms with van der Waals surface area (Å²) in [6.07, 6.45) is 0. The number of tetrazole rings is 1. The second-order valence-electron chi connectivity index (χ2n) is 7.00. The molecule has 0 atom stereocenters. The third kappa shape index (κ3) is 4.46. The number of amides is 1. The molecule has 0 spiro atoms. The van der Waals surface area contributed by atoms with E-state index in [0.717, 1.165) is 15.7 Å². The average molecular weight is 479 g/mol. The molecule has 0 aliphatic carbocycles. The number of aryl methyl sites for hydroxylation is 1. The minimum absolute atomic E-state index is 0.0551. The fraction of sp³-hybridized carbons (Fsp3) is 0.136. The van der Waals surface area contributed by atoms with Crippen molar-refractivity contribution in [2.75, 3.05) is 5.43 Å². The van der Waals surface area contributed by atoms with Crippen LogP contribution in [0.2, 0.25) is 0 Å². The van der Waals surface area contributed by atoms with Crippen LogP contribution < -0.4 is 5.43 Å². The van der Waals surface area contributed by atoms with Gasteiger partial charge in [0, 0.05) is 32.6 Å². The van der Waals surface area contributed by atoms with Crippen LogP contribution in [-0.4, -0.2) is 36.6 Å². The van der Waals surface area contributed by atoms with Crippen molar-refractivity contribution in [3.63, 3.8) is 0 Å². The minimum Gasteiger partial charge on any atom is -0.292 e. The van der Waals surface area contributed by atoms with Gasteiger partial charge in [-0.1, -0.05) is 34.1 Å². The molecule has 0 aliphatic rings. The Hall–Kier alpha value is -3.59.